The molecule has 1 aromatic carbocycles. The molecule has 0 spiro atoms. The largest absolute Gasteiger partial charge is 0.384 e. The van der Waals surface area contributed by atoms with E-state index in [1.807, 2.05) is 0 Å². The fourth-order valence-electron chi connectivity index (χ4n) is 2.57. The minimum atomic E-state index is 0.827. The summed E-state index contributed by atoms with van der Waals surface area (Å²) in [5, 5.41) is 3.48. The number of halogens is 1. The van der Waals surface area contributed by atoms with E-state index in [1.165, 1.54) is 25.2 Å². The summed E-state index contributed by atoms with van der Waals surface area (Å²) in [5.74, 6) is 1.73. The molecule has 1 unspecified atom stereocenters. The molecule has 1 aliphatic heterocycles. The lowest BCUT2D eigenvalue weighted by molar-refractivity contribution is 0.313. The number of nitrogens with one attached hydrogen (secondary N) is 1. The van der Waals surface area contributed by atoms with Gasteiger partial charge in [-0.3, -0.25) is 0 Å². The third-order valence-electron chi connectivity index (χ3n) is 3.83. The minimum absolute atomic E-state index is 0.827. The van der Waals surface area contributed by atoms with Gasteiger partial charge in [-0.05, 0) is 43.0 Å². The van der Waals surface area contributed by atoms with E-state index in [2.05, 4.69) is 64.3 Å². The topological polar surface area (TPSA) is 15.3 Å². The molecule has 0 bridgehead atoms. The summed E-state index contributed by atoms with van der Waals surface area (Å²) < 4.78 is 1.13. The average Bonchev–Trinajstić information content (AvgIpc) is 2.78. The van der Waals surface area contributed by atoms with Gasteiger partial charge in [0.1, 0.15) is 0 Å². The Balaban J connectivity index is 1.70. The molecule has 1 atom stereocenters. The van der Waals surface area contributed by atoms with Crippen LogP contribution in [-0.2, 0) is 0 Å². The first kappa shape index (κ1) is 13.9. The molecule has 1 aliphatic rings. The third kappa shape index (κ3) is 3.99. The van der Waals surface area contributed by atoms with Gasteiger partial charge in [0.15, 0.2) is 0 Å². The standard InChI is InChI=1S/C15H23BrN2/c1-12(2)13-6-8-18(11-13)9-7-17-15-5-3-4-14(16)10-15/h3-5,10,12-13,17H,6-9,11H2,1-2H3. The molecule has 1 saturated heterocycles. The van der Waals surface area contributed by atoms with Crippen molar-refractivity contribution in [2.24, 2.45) is 11.8 Å². The zero-order valence-electron chi connectivity index (χ0n) is 11.3. The molecule has 3 heteroatoms. The van der Waals surface area contributed by atoms with Crippen LogP contribution in [0.25, 0.3) is 0 Å². The van der Waals surface area contributed by atoms with E-state index in [0.717, 1.165) is 29.4 Å². The van der Waals surface area contributed by atoms with Crippen molar-refractivity contribution >= 4 is 21.6 Å². The molecule has 1 heterocycles. The van der Waals surface area contributed by atoms with Crippen LogP contribution in [-0.4, -0.2) is 31.1 Å². The number of likely N-dealkylation sites (tertiary alicyclic amines) is 1. The molecule has 100 valence electrons. The van der Waals surface area contributed by atoms with Crippen LogP contribution in [0.5, 0.6) is 0 Å². The van der Waals surface area contributed by atoms with E-state index >= 15 is 0 Å². The van der Waals surface area contributed by atoms with E-state index in [4.69, 9.17) is 0 Å². The molecule has 18 heavy (non-hydrogen) atoms. The molecule has 0 saturated carbocycles. The first-order valence-corrected chi connectivity index (χ1v) is 7.66. The van der Waals surface area contributed by atoms with Gasteiger partial charge in [0.05, 0.1) is 0 Å². The summed E-state index contributed by atoms with van der Waals surface area (Å²) in [6, 6.07) is 8.36. The van der Waals surface area contributed by atoms with Crippen LogP contribution in [0.2, 0.25) is 0 Å². The summed E-state index contributed by atoms with van der Waals surface area (Å²) in [7, 11) is 0. The van der Waals surface area contributed by atoms with E-state index in [1.54, 1.807) is 0 Å². The van der Waals surface area contributed by atoms with Crippen LogP contribution in [0.4, 0.5) is 5.69 Å². The van der Waals surface area contributed by atoms with Crippen molar-refractivity contribution in [3.63, 3.8) is 0 Å². The second-order valence-corrected chi connectivity index (χ2v) is 6.45. The smallest absolute Gasteiger partial charge is 0.0351 e. The highest BCUT2D eigenvalue weighted by Crippen LogP contribution is 2.23. The molecule has 0 aliphatic carbocycles. The maximum atomic E-state index is 3.49. The Kier molecular flexibility index (Phi) is 5.07. The first-order chi connectivity index (χ1) is 8.65. The monoisotopic (exact) mass is 310 g/mol. The van der Waals surface area contributed by atoms with E-state index in [0.29, 0.717) is 0 Å². The normalized spacial score (nSPS) is 20.6. The predicted octanol–water partition coefficient (Wildman–Crippen LogP) is 3.84. The number of nitrogens with zero attached hydrogens (tertiary/aromatic N) is 1. The Morgan fingerprint density at radius 3 is 2.94 bits per heavy atom. The predicted molar refractivity (Wildman–Crippen MR) is 82.0 cm³/mol. The molecule has 1 aromatic rings. The van der Waals surface area contributed by atoms with Gasteiger partial charge in [-0.15, -0.1) is 0 Å². The van der Waals surface area contributed by atoms with Gasteiger partial charge < -0.3 is 10.2 Å². The third-order valence-corrected chi connectivity index (χ3v) is 4.33. The van der Waals surface area contributed by atoms with Crippen molar-refractivity contribution in [1.29, 1.82) is 0 Å². The summed E-state index contributed by atoms with van der Waals surface area (Å²) >= 11 is 3.49. The van der Waals surface area contributed by atoms with Gasteiger partial charge in [-0.25, -0.2) is 0 Å². The maximum Gasteiger partial charge on any atom is 0.0351 e. The van der Waals surface area contributed by atoms with Crippen LogP contribution < -0.4 is 5.32 Å². The lowest BCUT2D eigenvalue weighted by atomic mass is 9.95. The Morgan fingerprint density at radius 2 is 2.28 bits per heavy atom. The lowest BCUT2D eigenvalue weighted by Gasteiger charge is -2.18. The van der Waals surface area contributed by atoms with Gasteiger partial charge in [0.25, 0.3) is 0 Å². The summed E-state index contributed by atoms with van der Waals surface area (Å²) in [4.78, 5) is 2.58. The molecule has 0 amide bonds. The Morgan fingerprint density at radius 1 is 1.44 bits per heavy atom. The van der Waals surface area contributed by atoms with Crippen LogP contribution in [0, 0.1) is 11.8 Å². The van der Waals surface area contributed by atoms with Crippen molar-refractivity contribution in [3.8, 4) is 0 Å². The SMILES string of the molecule is CC(C)C1CCN(CCNc2cccc(Br)c2)C1. The fourth-order valence-corrected chi connectivity index (χ4v) is 2.97. The number of hydrogen-bond donors (Lipinski definition) is 1. The zero-order chi connectivity index (χ0) is 13.0. The Bertz CT molecular complexity index is 379. The van der Waals surface area contributed by atoms with Crippen LogP contribution in [0.3, 0.4) is 0 Å². The van der Waals surface area contributed by atoms with Crippen molar-refractivity contribution in [2.45, 2.75) is 20.3 Å². The number of rotatable bonds is 5. The van der Waals surface area contributed by atoms with Crippen LogP contribution in [0.15, 0.2) is 28.7 Å². The maximum absolute atomic E-state index is 3.49. The van der Waals surface area contributed by atoms with Crippen molar-refractivity contribution < 1.29 is 0 Å². The fraction of sp³-hybridized carbons (Fsp3) is 0.600. The van der Waals surface area contributed by atoms with E-state index < -0.39 is 0 Å². The van der Waals surface area contributed by atoms with Crippen molar-refractivity contribution in [1.82, 2.24) is 4.90 Å². The van der Waals surface area contributed by atoms with E-state index in [-0.39, 0.29) is 0 Å². The zero-order valence-corrected chi connectivity index (χ0v) is 12.9. The Labute approximate surface area is 119 Å². The van der Waals surface area contributed by atoms with Crippen LogP contribution in [0.1, 0.15) is 20.3 Å². The molecule has 0 radical (unpaired) electrons. The second-order valence-electron chi connectivity index (χ2n) is 5.53. The van der Waals surface area contributed by atoms with Gasteiger partial charge >= 0.3 is 0 Å². The quantitative estimate of drug-likeness (QED) is 0.889. The number of anilines is 1. The molecule has 1 N–H and O–H groups in total. The molecular formula is C15H23BrN2. The molecule has 2 rings (SSSR count). The Hall–Kier alpha value is -0.540. The van der Waals surface area contributed by atoms with Gasteiger partial charge in [-0.2, -0.15) is 0 Å². The minimum Gasteiger partial charge on any atom is -0.384 e. The number of benzene rings is 1. The summed E-state index contributed by atoms with van der Waals surface area (Å²) in [5.41, 5.74) is 1.20. The van der Waals surface area contributed by atoms with Gasteiger partial charge in [-0.1, -0.05) is 35.8 Å². The second kappa shape index (κ2) is 6.58. The number of hydrogen-bond acceptors (Lipinski definition) is 2. The van der Waals surface area contributed by atoms with Gasteiger partial charge in [0.2, 0.25) is 0 Å². The van der Waals surface area contributed by atoms with E-state index in [9.17, 15) is 0 Å². The van der Waals surface area contributed by atoms with Crippen LogP contribution >= 0.6 is 15.9 Å². The van der Waals surface area contributed by atoms with Crippen molar-refractivity contribution in [3.05, 3.63) is 28.7 Å². The first-order valence-electron chi connectivity index (χ1n) is 6.87. The highest BCUT2D eigenvalue weighted by Gasteiger charge is 2.23. The summed E-state index contributed by atoms with van der Waals surface area (Å²) in [6.07, 6.45) is 1.37. The molecule has 0 aromatic heterocycles. The average molecular weight is 311 g/mol. The van der Waals surface area contributed by atoms with Crippen molar-refractivity contribution in [2.75, 3.05) is 31.5 Å². The lowest BCUT2D eigenvalue weighted by Crippen LogP contribution is -2.27. The highest BCUT2D eigenvalue weighted by atomic mass is 79.9. The van der Waals surface area contributed by atoms with Gasteiger partial charge in [0, 0.05) is 29.8 Å². The molecule has 2 nitrogen and oxygen atoms in total. The molecular weight excluding hydrogens is 288 g/mol. The molecule has 1 fully saturated rings. The highest BCUT2D eigenvalue weighted by molar-refractivity contribution is 9.10. The summed E-state index contributed by atoms with van der Waals surface area (Å²) in [6.45, 7) is 9.40.